The molecule has 172 valence electrons. The topological polar surface area (TPSA) is 90.9 Å². The highest BCUT2D eigenvalue weighted by Crippen LogP contribution is 2.32. The van der Waals surface area contributed by atoms with Crippen LogP contribution in [0.25, 0.3) is 0 Å². The number of hydrogen-bond donors (Lipinski definition) is 1. The molecule has 0 aliphatic carbocycles. The molecule has 1 aliphatic rings. The molecule has 0 unspecified atom stereocenters. The van der Waals surface area contributed by atoms with Crippen LogP contribution in [-0.4, -0.2) is 33.3 Å². The largest absolute Gasteiger partial charge is 0.486 e. The van der Waals surface area contributed by atoms with E-state index in [0.29, 0.717) is 36.2 Å². The third-order valence-corrected chi connectivity index (χ3v) is 6.65. The molecule has 3 aromatic carbocycles. The first kappa shape index (κ1) is 22.6. The van der Waals surface area contributed by atoms with E-state index in [2.05, 4.69) is 5.32 Å². The molecule has 1 heterocycles. The number of rotatable bonds is 8. The zero-order valence-electron chi connectivity index (χ0n) is 17.6. The molecule has 0 spiro atoms. The van der Waals surface area contributed by atoms with E-state index in [9.17, 15) is 17.6 Å². The van der Waals surface area contributed by atoms with E-state index in [-0.39, 0.29) is 35.3 Å². The van der Waals surface area contributed by atoms with Gasteiger partial charge in [0, 0.05) is 19.0 Å². The van der Waals surface area contributed by atoms with E-state index in [4.69, 9.17) is 14.2 Å². The molecular formula is C24H22FNO6S. The Morgan fingerprint density at radius 3 is 2.24 bits per heavy atom. The van der Waals surface area contributed by atoms with Crippen molar-refractivity contribution in [3.63, 3.8) is 0 Å². The number of hydrogen-bond acceptors (Lipinski definition) is 6. The summed E-state index contributed by atoms with van der Waals surface area (Å²) in [5, 5.41) is 2.72. The van der Waals surface area contributed by atoms with Crippen LogP contribution in [0.2, 0.25) is 0 Å². The van der Waals surface area contributed by atoms with Crippen molar-refractivity contribution >= 4 is 15.7 Å². The second-order valence-corrected chi connectivity index (χ2v) is 9.46. The Labute approximate surface area is 191 Å². The molecule has 3 aromatic rings. The van der Waals surface area contributed by atoms with Crippen molar-refractivity contribution in [2.75, 3.05) is 19.0 Å². The highest BCUT2D eigenvalue weighted by atomic mass is 32.2. The van der Waals surface area contributed by atoms with Gasteiger partial charge in [-0.3, -0.25) is 4.79 Å². The average Bonchev–Trinajstić information content (AvgIpc) is 2.83. The normalized spacial score (nSPS) is 12.8. The summed E-state index contributed by atoms with van der Waals surface area (Å²) in [4.78, 5) is 12.3. The molecule has 4 rings (SSSR count). The van der Waals surface area contributed by atoms with Gasteiger partial charge in [0.25, 0.3) is 0 Å². The van der Waals surface area contributed by atoms with Gasteiger partial charge in [-0.1, -0.05) is 12.1 Å². The van der Waals surface area contributed by atoms with Crippen LogP contribution in [-0.2, 0) is 21.2 Å². The van der Waals surface area contributed by atoms with Gasteiger partial charge in [0.15, 0.2) is 21.3 Å². The Kier molecular flexibility index (Phi) is 6.79. The van der Waals surface area contributed by atoms with Crippen molar-refractivity contribution in [3.05, 3.63) is 78.1 Å². The summed E-state index contributed by atoms with van der Waals surface area (Å²) < 4.78 is 54.6. The number of ether oxygens (including phenoxy) is 3. The van der Waals surface area contributed by atoms with Crippen LogP contribution in [0.1, 0.15) is 12.0 Å². The lowest BCUT2D eigenvalue weighted by molar-refractivity contribution is -0.120. The molecule has 9 heteroatoms. The molecule has 1 N–H and O–H groups in total. The Morgan fingerprint density at radius 2 is 1.55 bits per heavy atom. The maximum absolute atomic E-state index is 13.0. The van der Waals surface area contributed by atoms with Crippen molar-refractivity contribution in [3.8, 4) is 23.0 Å². The molecule has 0 saturated heterocycles. The smallest absolute Gasteiger partial charge is 0.221 e. The fourth-order valence-corrected chi connectivity index (χ4v) is 4.42. The van der Waals surface area contributed by atoms with Crippen molar-refractivity contribution in [2.45, 2.75) is 17.9 Å². The van der Waals surface area contributed by atoms with Gasteiger partial charge in [-0.05, 0) is 54.1 Å². The second kappa shape index (κ2) is 9.91. The van der Waals surface area contributed by atoms with E-state index < -0.39 is 9.84 Å². The molecule has 1 aliphatic heterocycles. The first-order chi connectivity index (χ1) is 15.9. The summed E-state index contributed by atoms with van der Waals surface area (Å²) in [5.41, 5.74) is 0.824. The molecule has 0 saturated carbocycles. The number of benzene rings is 3. The van der Waals surface area contributed by atoms with Crippen molar-refractivity contribution < 1.29 is 31.8 Å². The first-order valence-corrected chi connectivity index (χ1v) is 12.0. The third-order valence-electron chi connectivity index (χ3n) is 4.93. The van der Waals surface area contributed by atoms with Gasteiger partial charge < -0.3 is 19.5 Å². The van der Waals surface area contributed by atoms with Gasteiger partial charge >= 0.3 is 0 Å². The number of sulfone groups is 1. The summed E-state index contributed by atoms with van der Waals surface area (Å²) in [6.45, 7) is 1.03. The van der Waals surface area contributed by atoms with Crippen molar-refractivity contribution in [1.29, 1.82) is 0 Å². The SMILES string of the molecule is O=C(CCS(=O)(=O)c1ccc2c(c1)OCCO2)NCc1ccc(Oc2ccc(F)cc2)cc1. The lowest BCUT2D eigenvalue weighted by Crippen LogP contribution is -2.25. The molecule has 7 nitrogen and oxygen atoms in total. The summed E-state index contributed by atoms with van der Waals surface area (Å²) in [5.74, 6) is 0.947. The molecule has 0 bridgehead atoms. The van der Waals surface area contributed by atoms with E-state index in [0.717, 1.165) is 5.56 Å². The quantitative estimate of drug-likeness (QED) is 0.536. The number of carbonyl (C=O) groups is 1. The van der Waals surface area contributed by atoms with Gasteiger partial charge in [-0.15, -0.1) is 0 Å². The lowest BCUT2D eigenvalue weighted by atomic mass is 10.2. The van der Waals surface area contributed by atoms with Gasteiger partial charge in [-0.2, -0.15) is 0 Å². The number of halogens is 1. The van der Waals surface area contributed by atoms with Crippen LogP contribution in [0.3, 0.4) is 0 Å². The van der Waals surface area contributed by atoms with E-state index >= 15 is 0 Å². The minimum atomic E-state index is -3.65. The predicted octanol–water partition coefficient (Wildman–Crippen LogP) is 3.87. The maximum atomic E-state index is 13.0. The first-order valence-electron chi connectivity index (χ1n) is 10.3. The minimum Gasteiger partial charge on any atom is -0.486 e. The molecule has 1 amide bonds. The Morgan fingerprint density at radius 1 is 0.909 bits per heavy atom. The van der Waals surface area contributed by atoms with Gasteiger partial charge in [-0.25, -0.2) is 12.8 Å². The van der Waals surface area contributed by atoms with Gasteiger partial charge in [0.2, 0.25) is 5.91 Å². The van der Waals surface area contributed by atoms with E-state index in [1.807, 2.05) is 0 Å². The summed E-state index contributed by atoms with van der Waals surface area (Å²) in [6.07, 6.45) is -0.164. The average molecular weight is 472 g/mol. The standard InChI is InChI=1S/C24H22FNO6S/c25-18-3-7-20(8-4-18)32-19-5-1-17(2-6-19)16-26-24(27)11-14-33(28,29)21-9-10-22-23(15-21)31-13-12-30-22/h1-10,15H,11-14,16H2,(H,26,27). The monoisotopic (exact) mass is 471 g/mol. The molecule has 0 fully saturated rings. The number of nitrogens with one attached hydrogen (secondary N) is 1. The molecular weight excluding hydrogens is 449 g/mol. The van der Waals surface area contributed by atoms with Crippen LogP contribution in [0.15, 0.2) is 71.6 Å². The summed E-state index contributed by atoms with van der Waals surface area (Å²) >= 11 is 0. The highest BCUT2D eigenvalue weighted by molar-refractivity contribution is 7.91. The zero-order valence-corrected chi connectivity index (χ0v) is 18.4. The maximum Gasteiger partial charge on any atom is 0.221 e. The van der Waals surface area contributed by atoms with E-state index in [1.54, 1.807) is 30.3 Å². The fourth-order valence-electron chi connectivity index (χ4n) is 3.17. The van der Waals surface area contributed by atoms with Crippen LogP contribution < -0.4 is 19.5 Å². The number of carbonyl (C=O) groups excluding carboxylic acids is 1. The van der Waals surface area contributed by atoms with Crippen LogP contribution >= 0.6 is 0 Å². The van der Waals surface area contributed by atoms with Gasteiger partial charge in [0.1, 0.15) is 30.5 Å². The Bertz CT molecular complexity index is 1230. The van der Waals surface area contributed by atoms with Crippen molar-refractivity contribution in [2.24, 2.45) is 0 Å². The molecule has 33 heavy (non-hydrogen) atoms. The number of fused-ring (bicyclic) bond motifs is 1. The second-order valence-electron chi connectivity index (χ2n) is 7.35. The fraction of sp³-hybridized carbons (Fsp3) is 0.208. The zero-order chi connectivity index (χ0) is 23.3. The summed E-state index contributed by atoms with van der Waals surface area (Å²) in [6, 6.07) is 17.2. The summed E-state index contributed by atoms with van der Waals surface area (Å²) in [7, 11) is -3.65. The predicted molar refractivity (Wildman–Crippen MR) is 119 cm³/mol. The third kappa shape index (κ3) is 6.01. The number of amides is 1. The Hall–Kier alpha value is -3.59. The lowest BCUT2D eigenvalue weighted by Gasteiger charge is -2.18. The van der Waals surface area contributed by atoms with Gasteiger partial charge in [0.05, 0.1) is 10.6 Å². The highest BCUT2D eigenvalue weighted by Gasteiger charge is 2.20. The minimum absolute atomic E-state index is 0.0938. The molecule has 0 aromatic heterocycles. The van der Waals surface area contributed by atoms with E-state index in [1.165, 1.54) is 36.4 Å². The molecule has 0 atom stereocenters. The van der Waals surface area contributed by atoms with Crippen molar-refractivity contribution in [1.82, 2.24) is 5.32 Å². The van der Waals surface area contributed by atoms with Crippen LogP contribution in [0.5, 0.6) is 23.0 Å². The molecule has 0 radical (unpaired) electrons. The Balaban J connectivity index is 1.26. The van der Waals surface area contributed by atoms with Crippen LogP contribution in [0.4, 0.5) is 4.39 Å². The van der Waals surface area contributed by atoms with Crippen LogP contribution in [0, 0.1) is 5.82 Å².